The first-order chi connectivity index (χ1) is 13.0. The van der Waals surface area contributed by atoms with Gasteiger partial charge in [0.2, 0.25) is 5.88 Å². The van der Waals surface area contributed by atoms with Gasteiger partial charge in [0.25, 0.3) is 0 Å². The van der Waals surface area contributed by atoms with Gasteiger partial charge in [-0.05, 0) is 62.8 Å². The van der Waals surface area contributed by atoms with Crippen LogP contribution < -0.4 is 4.74 Å². The molecule has 2 aromatic rings. The number of hydrogen-bond acceptors (Lipinski definition) is 3. The van der Waals surface area contributed by atoms with Gasteiger partial charge in [0.1, 0.15) is 5.78 Å². The summed E-state index contributed by atoms with van der Waals surface area (Å²) in [6.07, 6.45) is 5.69. The molecule has 1 aromatic heterocycles. The summed E-state index contributed by atoms with van der Waals surface area (Å²) >= 11 is 0. The second kappa shape index (κ2) is 8.86. The summed E-state index contributed by atoms with van der Waals surface area (Å²) in [7, 11) is 0. The van der Waals surface area contributed by atoms with Crippen LogP contribution in [0.3, 0.4) is 0 Å². The molecule has 1 saturated carbocycles. The number of aromatic nitrogens is 1. The maximum absolute atomic E-state index is 11.9. The Bertz CT molecular complexity index is 821. The Morgan fingerprint density at radius 3 is 2.33 bits per heavy atom. The number of hydrogen-bond donors (Lipinski definition) is 0. The molecular formula is C24H27NO2. The fourth-order valence-electron chi connectivity index (χ4n) is 3.02. The van der Waals surface area contributed by atoms with Gasteiger partial charge >= 0.3 is 0 Å². The highest BCUT2D eigenvalue weighted by Crippen LogP contribution is 2.32. The van der Waals surface area contributed by atoms with Crippen LogP contribution in [-0.2, 0) is 11.2 Å². The van der Waals surface area contributed by atoms with Crippen molar-refractivity contribution in [2.75, 3.05) is 0 Å². The standard InChI is InChI=1S/C24H27NO2/c1-17(2)27-24-13-10-21(16-25-24)9-6-19-4-7-20(8-5-19)14-18(3)15-23(26)22-11-12-22/h4-5,7-8,10,13,16-18,22H,11-12,14-15H2,1-3H3. The summed E-state index contributed by atoms with van der Waals surface area (Å²) in [6.45, 7) is 6.11. The number of ketones is 1. The lowest BCUT2D eigenvalue weighted by atomic mass is 9.94. The van der Waals surface area contributed by atoms with Crippen molar-refractivity contribution in [3.05, 3.63) is 59.3 Å². The van der Waals surface area contributed by atoms with Crippen molar-refractivity contribution in [2.45, 2.75) is 52.6 Å². The topological polar surface area (TPSA) is 39.2 Å². The zero-order valence-corrected chi connectivity index (χ0v) is 16.4. The molecule has 1 aromatic carbocycles. The van der Waals surface area contributed by atoms with Crippen molar-refractivity contribution >= 4 is 5.78 Å². The van der Waals surface area contributed by atoms with Gasteiger partial charge < -0.3 is 4.74 Å². The van der Waals surface area contributed by atoms with Crippen molar-refractivity contribution in [3.63, 3.8) is 0 Å². The number of ether oxygens (including phenoxy) is 1. The van der Waals surface area contributed by atoms with Crippen LogP contribution in [0.25, 0.3) is 0 Å². The van der Waals surface area contributed by atoms with Crippen molar-refractivity contribution in [2.24, 2.45) is 11.8 Å². The molecule has 1 atom stereocenters. The van der Waals surface area contributed by atoms with Crippen LogP contribution in [0.15, 0.2) is 42.6 Å². The zero-order chi connectivity index (χ0) is 19.2. The Balaban J connectivity index is 1.54. The summed E-state index contributed by atoms with van der Waals surface area (Å²) in [6, 6.07) is 12.1. The highest BCUT2D eigenvalue weighted by molar-refractivity contribution is 5.83. The minimum absolute atomic E-state index is 0.113. The number of Topliss-reactive ketones (excluding diaryl/α,β-unsaturated/α-hetero) is 1. The second-order valence-corrected chi connectivity index (χ2v) is 7.75. The predicted octanol–water partition coefficient (Wildman–Crippen LogP) is 4.82. The van der Waals surface area contributed by atoms with E-state index in [4.69, 9.17) is 4.74 Å². The van der Waals surface area contributed by atoms with E-state index < -0.39 is 0 Å². The number of pyridine rings is 1. The summed E-state index contributed by atoms with van der Waals surface area (Å²) in [5.41, 5.74) is 3.10. The maximum atomic E-state index is 11.9. The number of benzene rings is 1. The van der Waals surface area contributed by atoms with Gasteiger partial charge in [-0.1, -0.05) is 30.9 Å². The Morgan fingerprint density at radius 2 is 1.74 bits per heavy atom. The van der Waals surface area contributed by atoms with Gasteiger partial charge in [-0.25, -0.2) is 4.98 Å². The molecule has 1 unspecified atom stereocenters. The lowest BCUT2D eigenvalue weighted by Gasteiger charge is -2.10. The van der Waals surface area contributed by atoms with E-state index in [1.165, 1.54) is 5.56 Å². The third-order valence-electron chi connectivity index (χ3n) is 4.56. The molecule has 0 N–H and O–H groups in total. The van der Waals surface area contributed by atoms with Crippen LogP contribution >= 0.6 is 0 Å². The molecule has 3 rings (SSSR count). The van der Waals surface area contributed by atoms with Crippen LogP contribution in [0.2, 0.25) is 0 Å². The number of carbonyl (C=O) groups excluding carboxylic acids is 1. The molecule has 1 heterocycles. The molecule has 3 nitrogen and oxygen atoms in total. The molecule has 0 spiro atoms. The van der Waals surface area contributed by atoms with Crippen LogP contribution in [0.5, 0.6) is 5.88 Å². The molecule has 3 heteroatoms. The number of rotatable bonds is 7. The highest BCUT2D eigenvalue weighted by atomic mass is 16.5. The summed E-state index contributed by atoms with van der Waals surface area (Å²) in [5, 5.41) is 0. The average Bonchev–Trinajstić information content (AvgIpc) is 3.47. The fourth-order valence-corrected chi connectivity index (χ4v) is 3.02. The van der Waals surface area contributed by atoms with Crippen molar-refractivity contribution < 1.29 is 9.53 Å². The van der Waals surface area contributed by atoms with Crippen LogP contribution in [0, 0.1) is 23.7 Å². The molecule has 0 aliphatic heterocycles. The number of nitrogens with zero attached hydrogens (tertiary/aromatic N) is 1. The van der Waals surface area contributed by atoms with Gasteiger partial charge in [-0.15, -0.1) is 0 Å². The Hall–Kier alpha value is -2.60. The lowest BCUT2D eigenvalue weighted by molar-refractivity contribution is -0.121. The molecule has 1 aliphatic rings. The average molecular weight is 361 g/mol. The Morgan fingerprint density at radius 1 is 1.07 bits per heavy atom. The van der Waals surface area contributed by atoms with Crippen LogP contribution in [0.4, 0.5) is 0 Å². The Labute approximate surface area is 162 Å². The first-order valence-electron chi connectivity index (χ1n) is 9.76. The first-order valence-corrected chi connectivity index (χ1v) is 9.76. The first kappa shape index (κ1) is 19.2. The predicted molar refractivity (Wildman–Crippen MR) is 108 cm³/mol. The highest BCUT2D eigenvalue weighted by Gasteiger charge is 2.29. The van der Waals surface area contributed by atoms with E-state index in [9.17, 15) is 4.79 Å². The van der Waals surface area contributed by atoms with E-state index in [2.05, 4.69) is 35.9 Å². The monoisotopic (exact) mass is 361 g/mol. The minimum atomic E-state index is 0.113. The van der Waals surface area contributed by atoms with Crippen molar-refractivity contribution in [3.8, 4) is 17.7 Å². The molecule has 0 saturated heterocycles. The molecule has 0 amide bonds. The molecule has 0 radical (unpaired) electrons. The van der Waals surface area contributed by atoms with Gasteiger partial charge in [-0.3, -0.25) is 4.79 Å². The third-order valence-corrected chi connectivity index (χ3v) is 4.56. The van der Waals surface area contributed by atoms with Crippen LogP contribution in [-0.4, -0.2) is 16.9 Å². The van der Waals surface area contributed by atoms with E-state index in [0.717, 1.165) is 30.4 Å². The van der Waals surface area contributed by atoms with Gasteiger partial charge in [0.15, 0.2) is 0 Å². The van der Waals surface area contributed by atoms with E-state index in [1.807, 2.05) is 38.1 Å². The number of carbonyl (C=O) groups is 1. The molecular weight excluding hydrogens is 334 g/mol. The molecule has 0 bridgehead atoms. The second-order valence-electron chi connectivity index (χ2n) is 7.75. The smallest absolute Gasteiger partial charge is 0.213 e. The van der Waals surface area contributed by atoms with Gasteiger partial charge in [-0.2, -0.15) is 0 Å². The van der Waals surface area contributed by atoms with E-state index in [-0.39, 0.29) is 6.10 Å². The zero-order valence-electron chi connectivity index (χ0n) is 16.4. The van der Waals surface area contributed by atoms with Gasteiger partial charge in [0, 0.05) is 35.7 Å². The van der Waals surface area contributed by atoms with Crippen LogP contribution in [0.1, 0.15) is 56.7 Å². The van der Waals surface area contributed by atoms with Crippen molar-refractivity contribution in [1.82, 2.24) is 4.98 Å². The van der Waals surface area contributed by atoms with E-state index >= 15 is 0 Å². The summed E-state index contributed by atoms with van der Waals surface area (Å²) < 4.78 is 5.54. The lowest BCUT2D eigenvalue weighted by Crippen LogP contribution is -2.09. The normalized spacial score (nSPS) is 14.4. The van der Waals surface area contributed by atoms with E-state index in [1.54, 1.807) is 6.20 Å². The quantitative estimate of drug-likeness (QED) is 0.664. The van der Waals surface area contributed by atoms with Crippen molar-refractivity contribution in [1.29, 1.82) is 0 Å². The molecule has 27 heavy (non-hydrogen) atoms. The maximum Gasteiger partial charge on any atom is 0.213 e. The SMILES string of the molecule is CC(CC(=O)C1CC1)Cc1ccc(C#Cc2ccc(OC(C)C)nc2)cc1. The largest absolute Gasteiger partial charge is 0.475 e. The summed E-state index contributed by atoms with van der Waals surface area (Å²) in [5.74, 6) is 8.14. The molecule has 1 fully saturated rings. The fraction of sp³-hybridized carbons (Fsp3) is 0.417. The summed E-state index contributed by atoms with van der Waals surface area (Å²) in [4.78, 5) is 16.2. The Kier molecular flexibility index (Phi) is 6.29. The third kappa shape index (κ3) is 6.25. The minimum Gasteiger partial charge on any atom is -0.475 e. The molecule has 140 valence electrons. The van der Waals surface area contributed by atoms with Gasteiger partial charge in [0.05, 0.1) is 6.10 Å². The molecule has 1 aliphatic carbocycles. The van der Waals surface area contributed by atoms with E-state index in [0.29, 0.717) is 29.9 Å².